The Morgan fingerprint density at radius 3 is 2.30 bits per heavy atom. The van der Waals surface area contributed by atoms with E-state index in [1.54, 1.807) is 0 Å². The minimum absolute atomic E-state index is 0.190. The molecule has 4 atom stereocenters. The van der Waals surface area contributed by atoms with E-state index in [9.17, 15) is 31.1 Å². The van der Waals surface area contributed by atoms with Gasteiger partial charge in [-0.15, -0.1) is 0 Å². The first-order valence-corrected chi connectivity index (χ1v) is 7.87. The van der Waals surface area contributed by atoms with Crippen LogP contribution < -0.4 is 4.74 Å². The van der Waals surface area contributed by atoms with E-state index in [1.165, 1.54) is 6.92 Å². The molecule has 1 aliphatic rings. The highest BCUT2D eigenvalue weighted by Gasteiger charge is 2.66. The number of alkyl halides is 5. The lowest BCUT2D eigenvalue weighted by atomic mass is 9.76. The van der Waals surface area contributed by atoms with Gasteiger partial charge in [0, 0.05) is 17.4 Å². The van der Waals surface area contributed by atoms with Crippen molar-refractivity contribution >= 4 is 5.97 Å². The molecule has 0 spiro atoms. The van der Waals surface area contributed by atoms with Gasteiger partial charge in [0.25, 0.3) is 6.43 Å². The van der Waals surface area contributed by atoms with E-state index in [-0.39, 0.29) is 5.56 Å². The fourth-order valence-electron chi connectivity index (χ4n) is 3.40. The Bertz CT molecular complexity index is 720. The van der Waals surface area contributed by atoms with Gasteiger partial charge in [0.05, 0.1) is 19.8 Å². The summed E-state index contributed by atoms with van der Waals surface area (Å²) in [6, 6.07) is 1.71. The van der Waals surface area contributed by atoms with Gasteiger partial charge in [0.2, 0.25) is 0 Å². The number of hydrogen-bond acceptors (Lipinski definition) is 4. The molecule has 152 valence electrons. The van der Waals surface area contributed by atoms with Gasteiger partial charge in [-0.2, -0.15) is 13.2 Å². The molecule has 0 aromatic heterocycles. The first-order valence-electron chi connectivity index (χ1n) is 7.87. The van der Waals surface area contributed by atoms with Crippen LogP contribution >= 0.6 is 0 Å². The molecule has 0 amide bonds. The van der Waals surface area contributed by atoms with Gasteiger partial charge in [-0.3, -0.25) is 0 Å². The second-order valence-electron chi connectivity index (χ2n) is 6.37. The van der Waals surface area contributed by atoms with Crippen molar-refractivity contribution in [3.8, 4) is 5.75 Å². The van der Waals surface area contributed by atoms with Crippen molar-refractivity contribution in [2.75, 3.05) is 14.2 Å². The van der Waals surface area contributed by atoms with Crippen molar-refractivity contribution in [3.05, 3.63) is 29.1 Å². The topological polar surface area (TPSA) is 44.8 Å². The molecule has 10 heteroatoms. The molecule has 1 aromatic rings. The lowest BCUT2D eigenvalue weighted by Gasteiger charge is -2.32. The molecule has 1 fully saturated rings. The van der Waals surface area contributed by atoms with Crippen LogP contribution in [0.4, 0.5) is 26.3 Å². The van der Waals surface area contributed by atoms with Gasteiger partial charge in [0.1, 0.15) is 11.6 Å². The van der Waals surface area contributed by atoms with Crippen LogP contribution in [0.1, 0.15) is 37.3 Å². The van der Waals surface area contributed by atoms with E-state index in [2.05, 4.69) is 4.74 Å². The highest BCUT2D eigenvalue weighted by atomic mass is 19.4. The van der Waals surface area contributed by atoms with Crippen LogP contribution in [0.25, 0.3) is 0 Å². The Balaban J connectivity index is 2.70. The van der Waals surface area contributed by atoms with Crippen molar-refractivity contribution in [2.24, 2.45) is 5.92 Å². The quantitative estimate of drug-likeness (QED) is 0.556. The summed E-state index contributed by atoms with van der Waals surface area (Å²) >= 11 is 0. The highest BCUT2D eigenvalue weighted by Crippen LogP contribution is 2.55. The number of carbonyl (C=O) groups excluding carboxylic acids is 1. The van der Waals surface area contributed by atoms with Crippen molar-refractivity contribution < 1.29 is 45.3 Å². The molecule has 0 unspecified atom stereocenters. The second-order valence-corrected chi connectivity index (χ2v) is 6.37. The van der Waals surface area contributed by atoms with Crippen LogP contribution in [-0.2, 0) is 14.3 Å². The molecule has 1 aliphatic heterocycles. The lowest BCUT2D eigenvalue weighted by Crippen LogP contribution is -2.47. The normalized spacial score (nSPS) is 28.5. The number of ether oxygens (including phenoxy) is 3. The molecule has 0 aliphatic carbocycles. The fraction of sp³-hybridized carbons (Fsp3) is 0.588. The Labute approximate surface area is 151 Å². The molecule has 0 bridgehead atoms. The molecule has 0 N–H and O–H groups in total. The van der Waals surface area contributed by atoms with Crippen LogP contribution in [0.3, 0.4) is 0 Å². The third kappa shape index (κ3) is 3.35. The summed E-state index contributed by atoms with van der Waals surface area (Å²) in [5.74, 6) is -5.73. The molecule has 4 nitrogen and oxygen atoms in total. The maximum absolute atomic E-state index is 13.9. The molecular formula is C17H18F6O4. The fourth-order valence-corrected chi connectivity index (χ4v) is 3.40. The Kier molecular flexibility index (Phi) is 5.70. The monoisotopic (exact) mass is 400 g/mol. The van der Waals surface area contributed by atoms with Crippen LogP contribution in [0, 0.1) is 11.7 Å². The van der Waals surface area contributed by atoms with Crippen molar-refractivity contribution in [1.29, 1.82) is 0 Å². The molecular weight excluding hydrogens is 382 g/mol. The number of benzene rings is 1. The Morgan fingerprint density at radius 1 is 1.26 bits per heavy atom. The van der Waals surface area contributed by atoms with Gasteiger partial charge in [-0.05, 0) is 13.0 Å². The average molecular weight is 400 g/mol. The highest BCUT2D eigenvalue weighted by molar-refractivity contribution is 5.77. The molecule has 1 heterocycles. The number of hydrogen-bond donors (Lipinski definition) is 0. The summed E-state index contributed by atoms with van der Waals surface area (Å²) in [5, 5.41) is 0. The molecule has 27 heavy (non-hydrogen) atoms. The minimum Gasteiger partial charge on any atom is -0.496 e. The van der Waals surface area contributed by atoms with Crippen molar-refractivity contribution in [2.45, 2.75) is 44.1 Å². The van der Waals surface area contributed by atoms with Gasteiger partial charge in [-0.25, -0.2) is 18.0 Å². The lowest BCUT2D eigenvalue weighted by molar-refractivity contribution is -0.274. The van der Waals surface area contributed by atoms with Gasteiger partial charge in [-0.1, -0.05) is 13.0 Å². The first kappa shape index (κ1) is 21.3. The largest absolute Gasteiger partial charge is 0.496 e. The summed E-state index contributed by atoms with van der Waals surface area (Å²) in [4.78, 5) is 12.1. The van der Waals surface area contributed by atoms with Gasteiger partial charge in [0.15, 0.2) is 11.7 Å². The molecule has 1 aromatic carbocycles. The predicted molar refractivity (Wildman–Crippen MR) is 81.2 cm³/mol. The third-order valence-electron chi connectivity index (χ3n) is 5.06. The van der Waals surface area contributed by atoms with Crippen LogP contribution in [-0.4, -0.2) is 38.1 Å². The standard InChI is InChI=1S/C17H18F6O4/c1-7-10(8-5-6-9(18)11(14(19)20)12(8)25-3)13(15(24)26-4)27-16(7,2)17(21,22)23/h5-7,10,13-14H,1-4H3/t7-,10-,13+,16+/m0/s1. The number of rotatable bonds is 4. The molecule has 0 radical (unpaired) electrons. The summed E-state index contributed by atoms with van der Waals surface area (Å²) < 4.78 is 95.6. The molecule has 0 saturated carbocycles. The maximum Gasteiger partial charge on any atom is 0.417 e. The molecule has 1 saturated heterocycles. The van der Waals surface area contributed by atoms with Crippen LogP contribution in [0.2, 0.25) is 0 Å². The zero-order chi connectivity index (χ0) is 20.7. The number of methoxy groups -OCH3 is 2. The minimum atomic E-state index is -4.85. The summed E-state index contributed by atoms with van der Waals surface area (Å²) in [7, 11) is 1.95. The predicted octanol–water partition coefficient (Wildman–Crippen LogP) is 4.38. The average Bonchev–Trinajstić information content (AvgIpc) is 2.86. The molecule has 2 rings (SSSR count). The van der Waals surface area contributed by atoms with E-state index >= 15 is 0 Å². The smallest absolute Gasteiger partial charge is 0.417 e. The Hall–Kier alpha value is -1.97. The maximum atomic E-state index is 13.9. The number of carbonyl (C=O) groups is 1. The first-order chi connectivity index (χ1) is 12.4. The van der Waals surface area contributed by atoms with E-state index in [0.717, 1.165) is 27.2 Å². The number of esters is 1. The zero-order valence-corrected chi connectivity index (χ0v) is 14.9. The number of halogens is 6. The second kappa shape index (κ2) is 7.21. The van der Waals surface area contributed by atoms with E-state index < -0.39 is 59.2 Å². The van der Waals surface area contributed by atoms with Crippen molar-refractivity contribution in [1.82, 2.24) is 0 Å². The van der Waals surface area contributed by atoms with Crippen LogP contribution in [0.15, 0.2) is 12.1 Å². The third-order valence-corrected chi connectivity index (χ3v) is 5.06. The van der Waals surface area contributed by atoms with Crippen molar-refractivity contribution in [3.63, 3.8) is 0 Å². The summed E-state index contributed by atoms with van der Waals surface area (Å²) in [6.45, 7) is 1.93. The van der Waals surface area contributed by atoms with E-state index in [0.29, 0.717) is 6.07 Å². The van der Waals surface area contributed by atoms with E-state index in [4.69, 9.17) is 9.47 Å². The Morgan fingerprint density at radius 2 is 1.85 bits per heavy atom. The van der Waals surface area contributed by atoms with Gasteiger partial charge < -0.3 is 14.2 Å². The zero-order valence-electron chi connectivity index (χ0n) is 14.9. The summed E-state index contributed by atoms with van der Waals surface area (Å²) in [5.41, 5.74) is -4.03. The summed E-state index contributed by atoms with van der Waals surface area (Å²) in [6.07, 6.45) is -9.86. The SMILES string of the molecule is COC(=O)[C@@H]1O[C@@](C)(C(F)(F)F)[C@@H](C)[C@H]1c1ccc(F)c(C(F)F)c1OC. The van der Waals surface area contributed by atoms with Crippen LogP contribution in [0.5, 0.6) is 5.75 Å². The van der Waals surface area contributed by atoms with Gasteiger partial charge >= 0.3 is 12.1 Å². The van der Waals surface area contributed by atoms with E-state index in [1.807, 2.05) is 0 Å².